The lowest BCUT2D eigenvalue weighted by Gasteiger charge is -2.09. The number of phenols is 1. The van der Waals surface area contributed by atoms with E-state index in [4.69, 9.17) is 16.3 Å². The third kappa shape index (κ3) is 5.33. The SMILES string of the molecule is O=C(N/N=C/c1ccccc1OCc1ccc(Cl)cc1)c1cc([N+](=O)[O-])ccc1O. The van der Waals surface area contributed by atoms with E-state index in [0.29, 0.717) is 22.9 Å². The van der Waals surface area contributed by atoms with Gasteiger partial charge in [-0.2, -0.15) is 5.10 Å². The lowest BCUT2D eigenvalue weighted by molar-refractivity contribution is -0.384. The number of nitrogens with zero attached hydrogens (tertiary/aromatic N) is 2. The highest BCUT2D eigenvalue weighted by molar-refractivity contribution is 6.30. The summed E-state index contributed by atoms with van der Waals surface area (Å²) >= 11 is 5.87. The van der Waals surface area contributed by atoms with Crippen molar-refractivity contribution in [2.24, 2.45) is 5.10 Å². The number of halogens is 1. The number of non-ortho nitro benzene ring substituents is 1. The normalized spacial score (nSPS) is 10.7. The molecule has 0 bridgehead atoms. The first-order chi connectivity index (χ1) is 14.4. The van der Waals surface area contributed by atoms with Crippen LogP contribution < -0.4 is 10.2 Å². The fourth-order valence-electron chi connectivity index (χ4n) is 2.50. The molecule has 0 fully saturated rings. The fourth-order valence-corrected chi connectivity index (χ4v) is 2.63. The van der Waals surface area contributed by atoms with E-state index in [1.54, 1.807) is 36.4 Å². The molecule has 0 aliphatic rings. The molecule has 1 amide bonds. The van der Waals surface area contributed by atoms with Gasteiger partial charge in [0.05, 0.1) is 16.7 Å². The lowest BCUT2D eigenvalue weighted by atomic mass is 10.1. The molecule has 0 saturated heterocycles. The van der Waals surface area contributed by atoms with Gasteiger partial charge in [0.2, 0.25) is 0 Å². The first-order valence-corrected chi connectivity index (χ1v) is 9.09. The van der Waals surface area contributed by atoms with Crippen LogP contribution in [0.5, 0.6) is 11.5 Å². The van der Waals surface area contributed by atoms with Gasteiger partial charge in [-0.15, -0.1) is 0 Å². The summed E-state index contributed by atoms with van der Waals surface area (Å²) in [5.41, 5.74) is 3.20. The molecular formula is C21H16ClN3O5. The predicted octanol–water partition coefficient (Wildman–Crippen LogP) is 4.30. The second-order valence-electron chi connectivity index (χ2n) is 6.11. The van der Waals surface area contributed by atoms with Crippen LogP contribution in [-0.4, -0.2) is 22.2 Å². The number of para-hydroxylation sites is 1. The summed E-state index contributed by atoms with van der Waals surface area (Å²) in [6, 6.07) is 17.5. The molecule has 0 aliphatic heterocycles. The van der Waals surface area contributed by atoms with Crippen LogP contribution in [0.1, 0.15) is 21.5 Å². The summed E-state index contributed by atoms with van der Waals surface area (Å²) in [6.45, 7) is 0.315. The number of amides is 1. The molecule has 152 valence electrons. The number of nitro groups is 1. The number of aromatic hydroxyl groups is 1. The van der Waals surface area contributed by atoms with Crippen LogP contribution in [0.4, 0.5) is 5.69 Å². The van der Waals surface area contributed by atoms with E-state index in [0.717, 1.165) is 23.8 Å². The highest BCUT2D eigenvalue weighted by atomic mass is 35.5. The van der Waals surface area contributed by atoms with Crippen molar-refractivity contribution in [3.8, 4) is 11.5 Å². The van der Waals surface area contributed by atoms with Gasteiger partial charge in [-0.1, -0.05) is 35.9 Å². The van der Waals surface area contributed by atoms with Crippen LogP contribution in [0.2, 0.25) is 5.02 Å². The van der Waals surface area contributed by atoms with Crippen molar-refractivity contribution in [3.05, 3.63) is 98.6 Å². The Kier molecular flexibility index (Phi) is 6.61. The molecule has 3 aromatic rings. The van der Waals surface area contributed by atoms with Crippen LogP contribution in [0.3, 0.4) is 0 Å². The second kappa shape index (κ2) is 9.53. The first kappa shape index (κ1) is 20.8. The zero-order chi connectivity index (χ0) is 21.5. The summed E-state index contributed by atoms with van der Waals surface area (Å²) in [4.78, 5) is 22.4. The molecule has 0 heterocycles. The van der Waals surface area contributed by atoms with Gasteiger partial charge in [-0.3, -0.25) is 14.9 Å². The molecule has 0 spiro atoms. The smallest absolute Gasteiger partial charge is 0.275 e. The number of benzene rings is 3. The highest BCUT2D eigenvalue weighted by Crippen LogP contribution is 2.23. The van der Waals surface area contributed by atoms with Crippen LogP contribution in [0.15, 0.2) is 71.8 Å². The maximum Gasteiger partial charge on any atom is 0.275 e. The molecule has 0 atom stereocenters. The summed E-state index contributed by atoms with van der Waals surface area (Å²) < 4.78 is 5.80. The van der Waals surface area contributed by atoms with Gasteiger partial charge in [-0.25, -0.2) is 5.43 Å². The quantitative estimate of drug-likeness (QED) is 0.333. The molecule has 0 aromatic heterocycles. The van der Waals surface area contributed by atoms with Crippen LogP contribution >= 0.6 is 11.6 Å². The molecule has 30 heavy (non-hydrogen) atoms. The molecule has 3 rings (SSSR count). The molecule has 0 saturated carbocycles. The van der Waals surface area contributed by atoms with E-state index in [-0.39, 0.29) is 17.0 Å². The Hall–Kier alpha value is -3.91. The van der Waals surface area contributed by atoms with Gasteiger partial charge in [0.1, 0.15) is 18.1 Å². The third-order valence-corrected chi connectivity index (χ3v) is 4.28. The largest absolute Gasteiger partial charge is 0.507 e. The number of hydrogen-bond acceptors (Lipinski definition) is 6. The van der Waals surface area contributed by atoms with Crippen molar-refractivity contribution in [2.45, 2.75) is 6.61 Å². The first-order valence-electron chi connectivity index (χ1n) is 8.71. The monoisotopic (exact) mass is 425 g/mol. The number of phenolic OH excluding ortho intramolecular Hbond substituents is 1. The molecule has 0 radical (unpaired) electrons. The molecule has 3 aromatic carbocycles. The average Bonchev–Trinajstić information content (AvgIpc) is 2.74. The van der Waals surface area contributed by atoms with Crippen LogP contribution in [-0.2, 0) is 6.61 Å². The summed E-state index contributed by atoms with van der Waals surface area (Å²) in [5.74, 6) is -0.629. The zero-order valence-electron chi connectivity index (χ0n) is 15.5. The Balaban J connectivity index is 1.68. The minimum atomic E-state index is -0.785. The minimum Gasteiger partial charge on any atom is -0.507 e. The van der Waals surface area contributed by atoms with Gasteiger partial charge in [0.25, 0.3) is 11.6 Å². The molecule has 0 unspecified atom stereocenters. The molecule has 8 nitrogen and oxygen atoms in total. The van der Waals surface area contributed by atoms with Gasteiger partial charge in [0.15, 0.2) is 0 Å². The third-order valence-electron chi connectivity index (χ3n) is 4.03. The fraction of sp³-hybridized carbons (Fsp3) is 0.0476. The van der Waals surface area contributed by atoms with Crippen molar-refractivity contribution in [1.29, 1.82) is 0 Å². The Morgan fingerprint density at radius 1 is 1.17 bits per heavy atom. The van der Waals surface area contributed by atoms with E-state index in [1.807, 2.05) is 12.1 Å². The zero-order valence-corrected chi connectivity index (χ0v) is 16.2. The maximum atomic E-state index is 12.2. The average molecular weight is 426 g/mol. The number of hydrogen-bond donors (Lipinski definition) is 2. The van der Waals surface area contributed by atoms with Crippen LogP contribution in [0.25, 0.3) is 0 Å². The molecule has 2 N–H and O–H groups in total. The van der Waals surface area contributed by atoms with Gasteiger partial charge in [0, 0.05) is 22.7 Å². The topological polar surface area (TPSA) is 114 Å². The van der Waals surface area contributed by atoms with Gasteiger partial charge < -0.3 is 9.84 Å². The number of nitro benzene ring substituents is 1. The Bertz CT molecular complexity index is 1100. The van der Waals surface area contributed by atoms with Gasteiger partial charge >= 0.3 is 0 Å². The standard InChI is InChI=1S/C21H16ClN3O5/c22-16-7-5-14(6-8-16)13-30-20-4-2-1-3-15(20)12-23-24-21(27)18-11-17(25(28)29)9-10-19(18)26/h1-12,26H,13H2,(H,24,27)/b23-12+. The van der Waals surface area contributed by atoms with Crippen molar-refractivity contribution < 1.29 is 19.6 Å². The number of rotatable bonds is 7. The van der Waals surface area contributed by atoms with Crippen molar-refractivity contribution in [1.82, 2.24) is 5.43 Å². The van der Waals surface area contributed by atoms with E-state index in [9.17, 15) is 20.0 Å². The van der Waals surface area contributed by atoms with Gasteiger partial charge in [-0.05, 0) is 35.9 Å². The predicted molar refractivity (Wildman–Crippen MR) is 112 cm³/mol. The molecule has 0 aliphatic carbocycles. The maximum absolute atomic E-state index is 12.2. The Morgan fingerprint density at radius 3 is 2.63 bits per heavy atom. The summed E-state index contributed by atoms with van der Waals surface area (Å²) in [5, 5.41) is 25.1. The second-order valence-corrected chi connectivity index (χ2v) is 6.55. The van der Waals surface area contributed by atoms with E-state index in [1.165, 1.54) is 6.21 Å². The lowest BCUT2D eigenvalue weighted by Crippen LogP contribution is -2.18. The van der Waals surface area contributed by atoms with E-state index in [2.05, 4.69) is 10.5 Å². The van der Waals surface area contributed by atoms with Crippen molar-refractivity contribution in [3.63, 3.8) is 0 Å². The number of carbonyl (C=O) groups excluding carboxylic acids is 1. The highest BCUT2D eigenvalue weighted by Gasteiger charge is 2.16. The number of ether oxygens (including phenoxy) is 1. The van der Waals surface area contributed by atoms with Crippen LogP contribution in [0, 0.1) is 10.1 Å². The number of carbonyl (C=O) groups is 1. The van der Waals surface area contributed by atoms with Crippen molar-refractivity contribution in [2.75, 3.05) is 0 Å². The van der Waals surface area contributed by atoms with E-state index < -0.39 is 10.8 Å². The summed E-state index contributed by atoms with van der Waals surface area (Å²) in [7, 11) is 0. The molecule has 9 heteroatoms. The number of hydrazone groups is 1. The summed E-state index contributed by atoms with van der Waals surface area (Å²) in [6.07, 6.45) is 1.38. The minimum absolute atomic E-state index is 0.256. The van der Waals surface area contributed by atoms with E-state index >= 15 is 0 Å². The van der Waals surface area contributed by atoms with Crippen molar-refractivity contribution >= 4 is 29.4 Å². The number of nitrogens with one attached hydrogen (secondary N) is 1. The molecular weight excluding hydrogens is 410 g/mol. The Labute approximate surface area is 176 Å². The Morgan fingerprint density at radius 2 is 1.90 bits per heavy atom.